The molecule has 7 heteroatoms. The number of esters is 1. The van der Waals surface area contributed by atoms with E-state index in [9.17, 15) is 14.7 Å². The Bertz CT molecular complexity index is 1710. The van der Waals surface area contributed by atoms with Crippen LogP contribution in [0, 0.1) is 13.8 Å². The van der Waals surface area contributed by atoms with Gasteiger partial charge in [0.15, 0.2) is 0 Å². The Hall–Kier alpha value is -4.59. The van der Waals surface area contributed by atoms with Crippen LogP contribution in [0.15, 0.2) is 97.1 Å². The highest BCUT2D eigenvalue weighted by atomic mass is 16.5. The van der Waals surface area contributed by atoms with E-state index >= 15 is 0 Å². The standard InChI is InChI=1S/C41H47N3O4/c1-29-13-17-31(18-14-29)36(23-26-44-24-5-6-25-44)33-9-7-10-34(27-33)37(41(46)47)28-40(45)48-39-12-8-11-35(42-39)21-22-38(43(3)4)32-19-15-30(2)16-20-32/h7-20,23,27,37-38H,5-6,21-22,24-26,28H2,1-4H3,(H,46,47)/b36-23-. The zero-order valence-corrected chi connectivity index (χ0v) is 28.6. The molecule has 1 saturated heterocycles. The van der Waals surface area contributed by atoms with Crippen molar-refractivity contribution in [3.8, 4) is 5.88 Å². The zero-order valence-electron chi connectivity index (χ0n) is 28.6. The van der Waals surface area contributed by atoms with Gasteiger partial charge in [0.25, 0.3) is 0 Å². The lowest BCUT2D eigenvalue weighted by Crippen LogP contribution is -2.21. The fourth-order valence-corrected chi connectivity index (χ4v) is 6.37. The van der Waals surface area contributed by atoms with Gasteiger partial charge in [-0.15, -0.1) is 0 Å². The molecule has 0 saturated carbocycles. The third kappa shape index (κ3) is 9.49. The van der Waals surface area contributed by atoms with Crippen LogP contribution in [-0.4, -0.2) is 65.6 Å². The lowest BCUT2D eigenvalue weighted by Gasteiger charge is -2.25. The van der Waals surface area contributed by atoms with E-state index in [1.165, 1.54) is 29.5 Å². The number of carboxylic acids is 1. The summed E-state index contributed by atoms with van der Waals surface area (Å²) in [4.78, 5) is 34.9. The Morgan fingerprint density at radius 3 is 2.21 bits per heavy atom. The number of ether oxygens (including phenoxy) is 1. The summed E-state index contributed by atoms with van der Waals surface area (Å²) >= 11 is 0. The third-order valence-electron chi connectivity index (χ3n) is 9.14. The molecule has 2 heterocycles. The minimum atomic E-state index is -1.07. The van der Waals surface area contributed by atoms with E-state index in [0.29, 0.717) is 12.0 Å². The summed E-state index contributed by atoms with van der Waals surface area (Å²) in [7, 11) is 4.14. The summed E-state index contributed by atoms with van der Waals surface area (Å²) in [6, 6.07) is 30.1. The number of rotatable bonds is 14. The number of nitrogens with zero attached hydrogens (tertiary/aromatic N) is 3. The van der Waals surface area contributed by atoms with Crippen molar-refractivity contribution in [3.63, 3.8) is 0 Å². The normalized spacial score (nSPS) is 15.0. The van der Waals surface area contributed by atoms with Gasteiger partial charge < -0.3 is 14.7 Å². The molecule has 0 radical (unpaired) electrons. The number of carbonyl (C=O) groups is 2. The molecule has 2 atom stereocenters. The maximum Gasteiger partial charge on any atom is 0.313 e. The molecule has 1 aliphatic heterocycles. The lowest BCUT2D eigenvalue weighted by atomic mass is 9.90. The van der Waals surface area contributed by atoms with Crippen molar-refractivity contribution < 1.29 is 19.4 Å². The molecular formula is C41H47N3O4. The van der Waals surface area contributed by atoms with Gasteiger partial charge in [-0.25, -0.2) is 4.98 Å². The zero-order chi connectivity index (χ0) is 34.0. The molecule has 4 aromatic rings. The number of hydrogen-bond donors (Lipinski definition) is 1. The van der Waals surface area contributed by atoms with Crippen LogP contribution in [-0.2, 0) is 16.0 Å². The fourth-order valence-electron chi connectivity index (χ4n) is 6.37. The van der Waals surface area contributed by atoms with Crippen molar-refractivity contribution >= 4 is 17.5 Å². The molecule has 1 aliphatic rings. The minimum absolute atomic E-state index is 0.179. The molecule has 1 N–H and O–H groups in total. The van der Waals surface area contributed by atoms with E-state index in [-0.39, 0.29) is 18.3 Å². The van der Waals surface area contributed by atoms with E-state index in [4.69, 9.17) is 4.74 Å². The summed E-state index contributed by atoms with van der Waals surface area (Å²) in [5, 5.41) is 10.2. The Kier molecular flexibility index (Phi) is 11.9. The highest BCUT2D eigenvalue weighted by molar-refractivity contribution is 5.85. The summed E-state index contributed by atoms with van der Waals surface area (Å²) in [6.45, 7) is 7.15. The minimum Gasteiger partial charge on any atom is -0.481 e. The van der Waals surface area contributed by atoms with Crippen LogP contribution in [0.3, 0.4) is 0 Å². The van der Waals surface area contributed by atoms with E-state index in [2.05, 4.69) is 97.3 Å². The van der Waals surface area contributed by atoms with E-state index < -0.39 is 17.9 Å². The largest absolute Gasteiger partial charge is 0.481 e. The van der Waals surface area contributed by atoms with Crippen LogP contribution in [0.2, 0.25) is 0 Å². The van der Waals surface area contributed by atoms with Gasteiger partial charge in [-0.2, -0.15) is 0 Å². The molecule has 0 aliphatic carbocycles. The number of likely N-dealkylation sites (tertiary alicyclic amines) is 1. The summed E-state index contributed by atoms with van der Waals surface area (Å²) in [5.41, 5.74) is 8.06. The van der Waals surface area contributed by atoms with E-state index in [1.54, 1.807) is 12.1 Å². The van der Waals surface area contributed by atoms with E-state index in [1.807, 2.05) is 30.3 Å². The lowest BCUT2D eigenvalue weighted by molar-refractivity contribution is -0.144. The second-order valence-corrected chi connectivity index (χ2v) is 13.1. The molecule has 1 fully saturated rings. The van der Waals surface area contributed by atoms with Gasteiger partial charge in [-0.1, -0.05) is 96.1 Å². The second kappa shape index (κ2) is 16.5. The summed E-state index contributed by atoms with van der Waals surface area (Å²) < 4.78 is 5.62. The number of aromatic nitrogens is 1. The molecule has 48 heavy (non-hydrogen) atoms. The third-order valence-corrected chi connectivity index (χ3v) is 9.14. The number of carbonyl (C=O) groups excluding carboxylic acids is 1. The molecule has 0 amide bonds. The average Bonchev–Trinajstić information content (AvgIpc) is 3.59. The van der Waals surface area contributed by atoms with Crippen molar-refractivity contribution in [2.24, 2.45) is 0 Å². The molecule has 1 aromatic heterocycles. The molecule has 7 nitrogen and oxygen atoms in total. The van der Waals surface area contributed by atoms with Gasteiger partial charge in [0.2, 0.25) is 5.88 Å². The van der Waals surface area contributed by atoms with Crippen LogP contribution in [0.4, 0.5) is 0 Å². The van der Waals surface area contributed by atoms with Crippen LogP contribution in [0.25, 0.3) is 5.57 Å². The van der Waals surface area contributed by atoms with Gasteiger partial charge in [-0.3, -0.25) is 14.5 Å². The number of carboxylic acid groups (broad SMARTS) is 1. The van der Waals surface area contributed by atoms with Gasteiger partial charge in [0.05, 0.1) is 12.3 Å². The van der Waals surface area contributed by atoms with Crippen molar-refractivity contribution in [2.45, 2.75) is 57.9 Å². The molecule has 5 rings (SSSR count). The van der Waals surface area contributed by atoms with Gasteiger partial charge in [-0.05, 0) is 101 Å². The van der Waals surface area contributed by atoms with Crippen molar-refractivity contribution in [1.29, 1.82) is 0 Å². The molecule has 0 bridgehead atoms. The maximum atomic E-state index is 13.2. The molecule has 0 spiro atoms. The average molecular weight is 646 g/mol. The Balaban J connectivity index is 1.28. The highest BCUT2D eigenvalue weighted by Gasteiger charge is 2.26. The topological polar surface area (TPSA) is 83.0 Å². The first-order valence-electron chi connectivity index (χ1n) is 16.9. The highest BCUT2D eigenvalue weighted by Crippen LogP contribution is 2.30. The number of pyridine rings is 1. The predicted octanol–water partition coefficient (Wildman–Crippen LogP) is 7.63. The van der Waals surface area contributed by atoms with Gasteiger partial charge >= 0.3 is 11.9 Å². The van der Waals surface area contributed by atoms with Gasteiger partial charge in [0, 0.05) is 24.3 Å². The Morgan fingerprint density at radius 2 is 1.54 bits per heavy atom. The maximum absolute atomic E-state index is 13.2. The number of hydrogen-bond acceptors (Lipinski definition) is 6. The predicted molar refractivity (Wildman–Crippen MR) is 191 cm³/mol. The molecule has 2 unspecified atom stereocenters. The number of aliphatic carboxylic acids is 1. The SMILES string of the molecule is Cc1ccc(/C(=C/CN2CCCC2)c2cccc(C(CC(=O)Oc3cccc(CCC(c4ccc(C)cc4)N(C)C)n3)C(=O)O)c2)cc1. The second-order valence-electron chi connectivity index (χ2n) is 13.1. The van der Waals surface area contributed by atoms with Crippen molar-refractivity contribution in [1.82, 2.24) is 14.8 Å². The monoisotopic (exact) mass is 645 g/mol. The van der Waals surface area contributed by atoms with Crippen LogP contribution in [0.1, 0.15) is 76.7 Å². The summed E-state index contributed by atoms with van der Waals surface area (Å²) in [5.74, 6) is -2.59. The van der Waals surface area contributed by atoms with Gasteiger partial charge in [0.1, 0.15) is 0 Å². The smallest absolute Gasteiger partial charge is 0.313 e. The summed E-state index contributed by atoms with van der Waals surface area (Å²) in [6.07, 6.45) is 5.89. The quantitative estimate of drug-likeness (QED) is 0.141. The van der Waals surface area contributed by atoms with E-state index in [0.717, 1.165) is 48.4 Å². The Morgan fingerprint density at radius 1 is 0.875 bits per heavy atom. The Labute approximate surface area is 284 Å². The number of aryl methyl sites for hydroxylation is 3. The van der Waals surface area contributed by atoms with Crippen LogP contribution < -0.4 is 4.74 Å². The molecular weight excluding hydrogens is 598 g/mol. The first kappa shape index (κ1) is 34.7. The number of benzene rings is 3. The van der Waals surface area contributed by atoms with Crippen LogP contribution in [0.5, 0.6) is 5.88 Å². The molecule has 250 valence electrons. The molecule has 3 aromatic carbocycles. The first-order chi connectivity index (χ1) is 23.2. The fraction of sp³-hybridized carbons (Fsp3) is 0.341. The van der Waals surface area contributed by atoms with Crippen molar-refractivity contribution in [2.75, 3.05) is 33.7 Å². The van der Waals surface area contributed by atoms with Crippen molar-refractivity contribution in [3.05, 3.63) is 136 Å². The first-order valence-corrected chi connectivity index (χ1v) is 16.9. The van der Waals surface area contributed by atoms with Crippen LogP contribution >= 0.6 is 0 Å².